The first-order valence-electron chi connectivity index (χ1n) is 49.2. The topological polar surface area (TPSA) is 386 Å². The van der Waals surface area contributed by atoms with Crippen LogP contribution in [0.3, 0.4) is 0 Å². The lowest BCUT2D eigenvalue weighted by molar-refractivity contribution is 0.0114. The number of aliphatic hydroxyl groups is 1. The van der Waals surface area contributed by atoms with Crippen LogP contribution in [0.1, 0.15) is 136 Å². The number of hydrogen-bond acceptors (Lipinski definition) is 25. The summed E-state index contributed by atoms with van der Waals surface area (Å²) in [7, 11) is 0. The number of aliphatic hydroxyl groups excluding tert-OH is 1. The summed E-state index contributed by atoms with van der Waals surface area (Å²) in [4.78, 5) is 102. The number of carbonyl (C=O) groups is 4. The minimum Gasteiger partial charge on any atom is -0.393 e. The van der Waals surface area contributed by atoms with Gasteiger partial charge in [0.05, 0.1) is 115 Å². The molecule has 33 nitrogen and oxygen atoms in total. The highest BCUT2D eigenvalue weighted by molar-refractivity contribution is 6.15. The van der Waals surface area contributed by atoms with Crippen molar-refractivity contribution in [3.63, 3.8) is 0 Å². The normalized spacial score (nSPS) is 19.2. The third-order valence-electron chi connectivity index (χ3n) is 27.5. The van der Waals surface area contributed by atoms with Crippen molar-refractivity contribution in [1.29, 1.82) is 0 Å². The van der Waals surface area contributed by atoms with E-state index in [0.29, 0.717) is 140 Å². The van der Waals surface area contributed by atoms with E-state index >= 15 is 0 Å². The van der Waals surface area contributed by atoms with Crippen LogP contribution in [0.25, 0.3) is 88.1 Å². The number of piperidine rings is 1. The van der Waals surface area contributed by atoms with Crippen molar-refractivity contribution < 1.29 is 51.0 Å². The van der Waals surface area contributed by atoms with Crippen LogP contribution in [0, 0.1) is 6.92 Å². The Morgan fingerprint density at radius 3 is 0.945 bits per heavy atom. The molecule has 0 bridgehead atoms. The van der Waals surface area contributed by atoms with Crippen LogP contribution >= 0.6 is 0 Å². The molecule has 16 aromatic rings. The molecule has 0 spiro atoms. The molecule has 3 atom stereocenters. The molecule has 146 heavy (non-hydrogen) atoms. The van der Waals surface area contributed by atoms with Gasteiger partial charge in [0, 0.05) is 203 Å². The molecular formula is C108H112F5N27O6. The molecular weight excluding hydrogens is 1870 g/mol. The Labute approximate surface area is 838 Å². The number of pyridine rings is 8. The number of benzene rings is 4. The van der Waals surface area contributed by atoms with Gasteiger partial charge in [-0.2, -0.15) is 20.4 Å². The SMILES string of the molecule is CC1(F)CCN(c2ccc(NC(=O)c3n[nH]c4ccc(-c5cncc(CN6CCC(O)CC6)c5)cc34)cn2)C1.CC1(F)CCN(c2ccc(NC(=O)c3n[nH]c4ccc(-c5cncc(CN6CCC6)c5)cc34)cn2)C1.CC1(F)CCN(c2ccc(NC(=O)c3n[nH]c4ccc(-c5cncc(CN6CCOCC6)c5)cc34)cn2)C1.Cc1ccc(NC(=O)c2n[nH]c3ccc(-c4cncc(CN5CCC(F)(F)C5)c4)cc23)cn1. The molecule has 4 aromatic carbocycles. The van der Waals surface area contributed by atoms with E-state index in [4.69, 9.17) is 4.74 Å². The first-order valence-corrected chi connectivity index (χ1v) is 49.2. The fourth-order valence-corrected chi connectivity index (χ4v) is 19.3. The molecule has 4 amide bonds. The maximum Gasteiger partial charge on any atom is 0.276 e. The molecule has 7 saturated heterocycles. The number of ether oxygens (including phenoxy) is 1. The van der Waals surface area contributed by atoms with Crippen LogP contribution in [0.2, 0.25) is 0 Å². The predicted molar refractivity (Wildman–Crippen MR) is 551 cm³/mol. The van der Waals surface area contributed by atoms with Crippen molar-refractivity contribution >= 4 is 107 Å². The summed E-state index contributed by atoms with van der Waals surface area (Å²) in [5, 5.41) is 52.8. The Morgan fingerprint density at radius 2 is 0.664 bits per heavy atom. The average Bonchev–Trinajstić information content (AvgIpc) is 1.64. The Bertz CT molecular complexity index is 7390. The van der Waals surface area contributed by atoms with Crippen molar-refractivity contribution in [3.8, 4) is 44.5 Å². The number of aromatic amines is 4. The maximum atomic E-state index is 14.2. The molecule has 0 radical (unpaired) electrons. The Balaban J connectivity index is 0.000000119. The zero-order chi connectivity index (χ0) is 101. The number of morpholine rings is 1. The molecule has 23 rings (SSSR count). The summed E-state index contributed by atoms with van der Waals surface area (Å²) in [6.07, 6.45) is 25.0. The molecule has 7 fully saturated rings. The van der Waals surface area contributed by atoms with E-state index < -0.39 is 22.9 Å². The first-order chi connectivity index (χ1) is 70.6. The summed E-state index contributed by atoms with van der Waals surface area (Å²) in [5.74, 6) is -1.87. The molecule has 3 unspecified atom stereocenters. The van der Waals surface area contributed by atoms with E-state index in [1.165, 1.54) is 12.0 Å². The monoisotopic (exact) mass is 1980 g/mol. The van der Waals surface area contributed by atoms with E-state index in [1.807, 2.05) is 144 Å². The summed E-state index contributed by atoms with van der Waals surface area (Å²) in [6, 6.07) is 46.0. The van der Waals surface area contributed by atoms with Crippen LogP contribution in [-0.2, 0) is 30.9 Å². The number of amides is 4. The number of anilines is 7. The number of likely N-dealkylation sites (tertiary alicyclic amines) is 3. The summed E-state index contributed by atoms with van der Waals surface area (Å²) < 4.78 is 75.0. The highest BCUT2D eigenvalue weighted by Crippen LogP contribution is 2.38. The molecule has 7 aliphatic heterocycles. The molecule has 9 N–H and O–H groups in total. The van der Waals surface area contributed by atoms with Gasteiger partial charge in [-0.1, -0.05) is 24.3 Å². The fraction of sp³-hybridized carbons (Fsp3) is 0.333. The van der Waals surface area contributed by atoms with E-state index in [2.05, 4.69) is 135 Å². The van der Waals surface area contributed by atoms with Gasteiger partial charge in [-0.25, -0.2) is 36.9 Å². The lowest BCUT2D eigenvalue weighted by atomic mass is 10.0. The summed E-state index contributed by atoms with van der Waals surface area (Å²) in [6.45, 7) is 20.0. The lowest BCUT2D eigenvalue weighted by Crippen LogP contribution is -2.36. The molecule has 750 valence electrons. The Kier molecular flexibility index (Phi) is 28.6. The number of rotatable bonds is 23. The number of carbonyl (C=O) groups excluding carboxylic acids is 4. The lowest BCUT2D eigenvalue weighted by Gasteiger charge is -2.30. The number of nitrogens with one attached hydrogen (secondary N) is 8. The highest BCUT2D eigenvalue weighted by Gasteiger charge is 2.40. The number of halogens is 5. The number of nitrogens with zero attached hydrogens (tertiary/aromatic N) is 19. The van der Waals surface area contributed by atoms with Crippen molar-refractivity contribution in [1.82, 2.24) is 100 Å². The standard InChI is InChI=1S/C29H32FN7O2.C28H30FN7O2.C27H28FN7O.C24H22F2N6O/c1-29(30)8-11-37(18-29)26-5-3-22(16-32-26)33-28(39)27-24-13-20(2-4-25(24)34-35-27)21-12-19(14-31-15-21)17-36-9-6-23(38)7-10-36;1-28(29)6-7-36(18-28)25-5-3-22(16-31-25)32-27(37)26-23-13-20(2-4-24(23)33-34-26)21-12-19(14-30-15-21)17-35-8-10-38-11-9-35;1-27(28)7-10-35(17-27)24-6-4-21(15-30-24)31-26(36)25-22-12-19(3-5-23(22)32-33-25)20-11-18(13-29-14-20)16-34-8-2-9-34;1-15-2-4-19(12-28-15)29-23(33)22-20-9-17(3-5-21(20)30-31-22)18-8-16(10-27-11-18)13-32-7-6-24(25,26)14-32/h2-5,12-16,23,38H,6-11,17-18H2,1H3,(H,33,39)(H,34,35);2-5,12-16H,6-11,17-18H2,1H3,(H,32,37)(H,33,34);3-6,11-15H,2,7-10,16-17H2,1H3,(H,31,36)(H,32,33);2-5,8-12H,6-7,13-14H2,1H3,(H,29,33)(H,30,31). The first kappa shape index (κ1) is 98.1. The van der Waals surface area contributed by atoms with E-state index in [9.17, 15) is 46.2 Å². The molecule has 7 aliphatic rings. The zero-order valence-electron chi connectivity index (χ0n) is 81.3. The fourth-order valence-electron chi connectivity index (χ4n) is 19.3. The number of H-pyrrole nitrogens is 4. The molecule has 0 aliphatic carbocycles. The third kappa shape index (κ3) is 23.8. The smallest absolute Gasteiger partial charge is 0.276 e. The van der Waals surface area contributed by atoms with Gasteiger partial charge < -0.3 is 45.8 Å². The highest BCUT2D eigenvalue weighted by atomic mass is 19.3. The van der Waals surface area contributed by atoms with Crippen LogP contribution in [-0.4, -0.2) is 263 Å². The number of alkyl halides is 5. The maximum absolute atomic E-state index is 14.2. The minimum absolute atomic E-state index is 0.110. The van der Waals surface area contributed by atoms with E-state index in [0.717, 1.165) is 185 Å². The van der Waals surface area contributed by atoms with Gasteiger partial charge in [0.1, 0.15) is 34.5 Å². The van der Waals surface area contributed by atoms with E-state index in [-0.39, 0.29) is 48.4 Å². The molecule has 12 aromatic heterocycles. The Hall–Kier alpha value is -15.4. The zero-order valence-corrected chi connectivity index (χ0v) is 81.3. The largest absolute Gasteiger partial charge is 0.393 e. The van der Waals surface area contributed by atoms with Crippen LogP contribution in [0.5, 0.6) is 0 Å². The summed E-state index contributed by atoms with van der Waals surface area (Å²) >= 11 is 0. The van der Waals surface area contributed by atoms with Crippen LogP contribution in [0.4, 0.5) is 62.2 Å². The van der Waals surface area contributed by atoms with Gasteiger partial charge in [0.15, 0.2) is 22.8 Å². The van der Waals surface area contributed by atoms with Gasteiger partial charge in [-0.05, 0) is 226 Å². The van der Waals surface area contributed by atoms with Crippen LogP contribution < -0.4 is 36.0 Å². The number of fused-ring (bicyclic) bond motifs is 4. The summed E-state index contributed by atoms with van der Waals surface area (Å²) in [5.41, 5.74) is 15.5. The second-order valence-corrected chi connectivity index (χ2v) is 39.5. The predicted octanol–water partition coefficient (Wildman–Crippen LogP) is 17.0. The van der Waals surface area contributed by atoms with Gasteiger partial charge in [-0.3, -0.25) is 84.1 Å². The molecule has 0 saturated carbocycles. The minimum atomic E-state index is -2.62. The van der Waals surface area contributed by atoms with Gasteiger partial charge >= 0.3 is 0 Å². The second kappa shape index (κ2) is 42.5. The van der Waals surface area contributed by atoms with Crippen molar-refractivity contribution in [2.45, 2.75) is 128 Å². The van der Waals surface area contributed by atoms with Gasteiger partial charge in [0.2, 0.25) is 0 Å². The number of hydrogen-bond donors (Lipinski definition) is 9. The van der Waals surface area contributed by atoms with Crippen molar-refractivity contribution in [2.24, 2.45) is 0 Å². The van der Waals surface area contributed by atoms with Crippen LogP contribution in [0.15, 0.2) is 220 Å². The molecule has 19 heterocycles. The van der Waals surface area contributed by atoms with Gasteiger partial charge in [0.25, 0.3) is 29.6 Å². The second-order valence-electron chi connectivity index (χ2n) is 39.5. The number of aryl methyl sites for hydroxylation is 1. The van der Waals surface area contributed by atoms with Crippen molar-refractivity contribution in [3.05, 3.63) is 271 Å². The quantitative estimate of drug-likeness (QED) is 0.0269. The van der Waals surface area contributed by atoms with Crippen molar-refractivity contribution in [2.75, 3.05) is 141 Å². The molecule has 38 heteroatoms. The Morgan fingerprint density at radius 1 is 0.349 bits per heavy atom. The van der Waals surface area contributed by atoms with E-state index in [1.54, 1.807) is 105 Å². The third-order valence-corrected chi connectivity index (χ3v) is 27.5. The van der Waals surface area contributed by atoms with Gasteiger partial charge in [-0.15, -0.1) is 0 Å². The average molecular weight is 1980 g/mol. The number of aromatic nitrogens is 16.